The molecule has 121 heavy (non-hydrogen) atoms. The van der Waals surface area contributed by atoms with E-state index in [4.69, 9.17) is 9.47 Å². The molecule has 0 radical (unpaired) electrons. The highest BCUT2D eigenvalue weighted by atomic mass is 32.2. The fourth-order valence-electron chi connectivity index (χ4n) is 26.6. The highest BCUT2D eigenvalue weighted by molar-refractivity contribution is 8.04. The summed E-state index contributed by atoms with van der Waals surface area (Å²) in [6.45, 7) is 8.13. The molecule has 1 heterocycles. The Bertz CT molecular complexity index is 5350. The molecule has 14 unspecified atom stereocenters. The number of benzene rings is 2. The number of halogens is 2. The third-order valence-corrected chi connectivity index (χ3v) is 33.8. The van der Waals surface area contributed by atoms with Crippen LogP contribution >= 0.6 is 11.8 Å². The summed E-state index contributed by atoms with van der Waals surface area (Å²) in [6.07, 6.45) is 107. The Morgan fingerprint density at radius 3 is 2.23 bits per heavy atom. The molecule has 0 amide bonds. The van der Waals surface area contributed by atoms with Crippen LogP contribution in [0, 0.1) is 58.7 Å². The summed E-state index contributed by atoms with van der Waals surface area (Å²) in [5.41, 5.74) is 28.3. The average molecular weight is 1620 g/mol. The Hall–Kier alpha value is -8.91. The fraction of sp³-hybridized carbons (Fsp3) is 0.439. The largest absolute Gasteiger partial charge is 0.487 e. The van der Waals surface area contributed by atoms with Crippen LogP contribution in [0.3, 0.4) is 0 Å². The van der Waals surface area contributed by atoms with Gasteiger partial charge in [-0.15, -0.1) is 18.3 Å². The van der Waals surface area contributed by atoms with E-state index < -0.39 is 5.41 Å². The molecule has 18 aliphatic carbocycles. The molecule has 14 atom stereocenters. The second-order valence-electron chi connectivity index (χ2n) is 38.7. The number of hydrogen-bond acceptors (Lipinski definition) is 5. The molecule has 0 spiro atoms. The van der Waals surface area contributed by atoms with Crippen molar-refractivity contribution in [2.75, 3.05) is 4.90 Å². The molecular formula is C114H124F2N2O2S. The first-order valence-corrected chi connectivity index (χ1v) is 48.7. The molecule has 2 aromatic rings. The van der Waals surface area contributed by atoms with Gasteiger partial charge in [-0.1, -0.05) is 176 Å². The van der Waals surface area contributed by atoms with E-state index in [0.29, 0.717) is 71.9 Å². The van der Waals surface area contributed by atoms with Gasteiger partial charge in [-0.2, -0.15) is 0 Å². The smallest absolute Gasteiger partial charge is 0.126 e. The zero-order chi connectivity index (χ0) is 81.1. The normalized spacial score (nSPS) is 32.9. The van der Waals surface area contributed by atoms with Crippen LogP contribution in [0.2, 0.25) is 0 Å². The maximum Gasteiger partial charge on any atom is 0.126 e. The minimum atomic E-state index is -0.608. The summed E-state index contributed by atoms with van der Waals surface area (Å²) in [6, 6.07) is 16.9. The number of ether oxygens (including phenoxy) is 2. The molecule has 21 rings (SSSR count). The quantitative estimate of drug-likeness (QED) is 0.123. The number of fused-ring (bicyclic) bond motifs is 6. The number of thioether (sulfide) groups is 1. The summed E-state index contributed by atoms with van der Waals surface area (Å²) in [5.74, 6) is 7.01. The van der Waals surface area contributed by atoms with Gasteiger partial charge in [-0.05, 0) is 397 Å². The maximum atomic E-state index is 15.8. The minimum absolute atomic E-state index is 0.0381. The van der Waals surface area contributed by atoms with Crippen molar-refractivity contribution in [1.29, 1.82) is 0 Å². The molecule has 622 valence electrons. The van der Waals surface area contributed by atoms with Gasteiger partial charge in [-0.3, -0.25) is 0 Å². The molecule has 4 nitrogen and oxygen atoms in total. The molecular weight excluding hydrogens is 1500 g/mol. The van der Waals surface area contributed by atoms with Crippen LogP contribution in [0.25, 0.3) is 5.57 Å². The van der Waals surface area contributed by atoms with Gasteiger partial charge in [0.05, 0.1) is 11.2 Å². The van der Waals surface area contributed by atoms with E-state index in [1.165, 1.54) is 149 Å². The van der Waals surface area contributed by atoms with Crippen molar-refractivity contribution >= 4 is 23.0 Å². The molecule has 19 aliphatic rings. The minimum Gasteiger partial charge on any atom is -0.487 e. The van der Waals surface area contributed by atoms with Crippen LogP contribution in [-0.4, -0.2) is 22.3 Å². The van der Waals surface area contributed by atoms with Crippen LogP contribution in [0.5, 0.6) is 5.75 Å². The molecule has 0 saturated heterocycles. The summed E-state index contributed by atoms with van der Waals surface area (Å²) >= 11 is 2.15. The highest BCUT2D eigenvalue weighted by Gasteiger charge is 2.61. The second-order valence-corrected chi connectivity index (χ2v) is 40.0. The van der Waals surface area contributed by atoms with Crippen LogP contribution in [0.15, 0.2) is 344 Å². The van der Waals surface area contributed by atoms with Gasteiger partial charge in [0.15, 0.2) is 0 Å². The Morgan fingerprint density at radius 2 is 1.45 bits per heavy atom. The maximum absolute atomic E-state index is 15.8. The number of anilines is 1. The lowest BCUT2D eigenvalue weighted by molar-refractivity contribution is 0.0159. The van der Waals surface area contributed by atoms with E-state index in [-0.39, 0.29) is 35.1 Å². The number of nitrogens with zero attached hydrogens (tertiary/aromatic N) is 2. The zero-order valence-corrected chi connectivity index (χ0v) is 72.3. The third kappa shape index (κ3) is 15.0. The lowest BCUT2D eigenvalue weighted by Crippen LogP contribution is -2.46. The van der Waals surface area contributed by atoms with Gasteiger partial charge in [-0.25, -0.2) is 8.78 Å². The number of hydrogen-bond donors (Lipinski definition) is 0. The fourth-order valence-corrected chi connectivity index (χ4v) is 28.0. The van der Waals surface area contributed by atoms with Crippen molar-refractivity contribution in [3.8, 4) is 5.75 Å². The Balaban J connectivity index is 0.670. The summed E-state index contributed by atoms with van der Waals surface area (Å²) in [4.78, 5) is 7.33. The Morgan fingerprint density at radius 1 is 0.570 bits per heavy atom. The average Bonchev–Trinajstić information content (AvgIpc) is 1.55. The van der Waals surface area contributed by atoms with Crippen LogP contribution < -0.4 is 9.64 Å². The van der Waals surface area contributed by atoms with E-state index in [1.54, 1.807) is 44.4 Å². The van der Waals surface area contributed by atoms with Crippen LogP contribution in [0.1, 0.15) is 248 Å². The van der Waals surface area contributed by atoms with Crippen LogP contribution in [0.4, 0.5) is 14.5 Å². The Kier molecular flexibility index (Phi) is 22.5. The van der Waals surface area contributed by atoms with Gasteiger partial charge in [0.25, 0.3) is 0 Å². The van der Waals surface area contributed by atoms with E-state index >= 15 is 8.78 Å². The van der Waals surface area contributed by atoms with Crippen molar-refractivity contribution in [2.45, 2.75) is 254 Å². The van der Waals surface area contributed by atoms with Crippen molar-refractivity contribution in [1.82, 2.24) is 4.90 Å². The molecule has 0 bridgehead atoms. The summed E-state index contributed by atoms with van der Waals surface area (Å²) < 4.78 is 45.1. The number of allylic oxidation sites excluding steroid dienone is 45. The van der Waals surface area contributed by atoms with Crippen molar-refractivity contribution < 1.29 is 18.3 Å². The first-order chi connectivity index (χ1) is 59.6. The van der Waals surface area contributed by atoms with Crippen LogP contribution in [-0.2, 0) is 10.2 Å². The third-order valence-electron chi connectivity index (χ3n) is 32.4. The van der Waals surface area contributed by atoms with Gasteiger partial charge in [0.2, 0.25) is 0 Å². The first-order valence-electron chi connectivity index (χ1n) is 47.8. The molecule has 1 saturated carbocycles. The van der Waals surface area contributed by atoms with Gasteiger partial charge in [0, 0.05) is 69.9 Å². The van der Waals surface area contributed by atoms with Gasteiger partial charge in [0.1, 0.15) is 29.2 Å². The monoisotopic (exact) mass is 1620 g/mol. The predicted octanol–water partition coefficient (Wildman–Crippen LogP) is 30.7. The summed E-state index contributed by atoms with van der Waals surface area (Å²) in [7, 11) is 0. The topological polar surface area (TPSA) is 24.9 Å². The van der Waals surface area contributed by atoms with E-state index in [2.05, 4.69) is 229 Å². The molecule has 7 heteroatoms. The molecule has 1 aliphatic heterocycles. The number of rotatable bonds is 20. The van der Waals surface area contributed by atoms with Gasteiger partial charge >= 0.3 is 0 Å². The predicted molar refractivity (Wildman–Crippen MR) is 498 cm³/mol. The first kappa shape index (κ1) is 79.3. The second kappa shape index (κ2) is 34.3. The molecule has 0 N–H and O–H groups in total. The zero-order valence-electron chi connectivity index (χ0n) is 71.5. The van der Waals surface area contributed by atoms with Crippen molar-refractivity contribution in [3.05, 3.63) is 361 Å². The SMILES string of the molecule is C=CC1=CC=C(Oc2ccc(C3(C4=CC=C(F)CC4)C4=C(C=CCC4)c4ccc(N(C5=CC6C7=C(CCC(N(C8=CC9=C(CC8)C8CCCCC8C9(C8C=CC(OC9=CCC(C=C)C=C9)CC8)C8CC=C(F)CC8)C8=CCC(C9C=C(C%10=CC=CCC%10)CCC9)CC8)=C7)SC6C=C5)C5CC=C(C6=CC(C7=CCCC=C7)CCC6)CC5)cc43)cc2)CC1. The molecule has 0 aromatic heterocycles. The highest BCUT2D eigenvalue weighted by Crippen LogP contribution is 2.70. The molecule has 1 fully saturated rings. The molecule has 2 aromatic carbocycles. The lowest BCUT2D eigenvalue weighted by atomic mass is 9.51. The van der Waals surface area contributed by atoms with E-state index in [1.807, 2.05) is 18.2 Å². The standard InChI is InChI=1S/C114H124F2N2O2S/c1-3-75-29-57-97(58-30-75)119-99-61-41-87(42-62-99)113(85-37-45-89(115)46-38-85)107-27-13-11-25-101(107)103-65-53-95(73-109(103)113)117(91-49-33-79(34-50-91)83-23-15-21-81(69-83)77-17-7-5-8-18-77)93-55-67-111-105(71-93)106-72-94(56-68-112(106)121-111)118(92-51-35-80(36-52-92)84-24-16-22-82(70-84)78-19-9-6-10-20-78)96-54-66-104-102-26-12-14-28-108(102)114(110(104)74-96,86-39-47-90(116)48-40-86)88-43-63-100(64-44-88)120-98-59-31-76(4-2)32-60-98/h3-5,7,9,12,17,19-20,26,29,31,35,39,41,43-45,47,49,54,56-59,61,63-64,66,68-75,79,82-83,85,87,92,99,101,106-107,112H,1-2,6,8,10-11,13-16,18,21-25,27-28,30,32-34,36-38,40,42,46,48,50-53,55,60,62,65,67H2. The van der Waals surface area contributed by atoms with E-state index in [9.17, 15) is 0 Å². The lowest BCUT2D eigenvalue weighted by Gasteiger charge is -2.53. The van der Waals surface area contributed by atoms with E-state index in [0.717, 1.165) is 159 Å². The Labute approximate surface area is 725 Å². The van der Waals surface area contributed by atoms with Gasteiger partial charge < -0.3 is 19.3 Å². The summed E-state index contributed by atoms with van der Waals surface area (Å²) in [5, 5.41) is 0.304. The van der Waals surface area contributed by atoms with Crippen molar-refractivity contribution in [2.24, 2.45) is 58.7 Å². The van der Waals surface area contributed by atoms with Crippen molar-refractivity contribution in [3.63, 3.8) is 0 Å².